The number of sulfonamides is 1. The molecule has 0 atom stereocenters. The van der Waals surface area contributed by atoms with E-state index in [1.165, 1.54) is 17.8 Å². The number of fused-ring (bicyclic) bond motifs is 1. The van der Waals surface area contributed by atoms with Crippen LogP contribution in [-0.2, 0) is 14.8 Å². The Labute approximate surface area is 169 Å². The Balaban J connectivity index is 1.60. The molecule has 0 unspecified atom stereocenters. The molecule has 2 aliphatic heterocycles. The number of hydrogen-bond acceptors (Lipinski definition) is 6. The summed E-state index contributed by atoms with van der Waals surface area (Å²) in [6.45, 7) is 3.58. The van der Waals surface area contributed by atoms with E-state index in [0.717, 1.165) is 36.8 Å². The van der Waals surface area contributed by atoms with Crippen molar-refractivity contribution in [2.24, 2.45) is 0 Å². The van der Waals surface area contributed by atoms with Gasteiger partial charge in [-0.05, 0) is 37.4 Å². The van der Waals surface area contributed by atoms with Crippen molar-refractivity contribution in [3.05, 3.63) is 42.5 Å². The lowest BCUT2D eigenvalue weighted by Crippen LogP contribution is -2.44. The third-order valence-electron chi connectivity index (χ3n) is 4.89. The fraction of sp³-hybridized carbons (Fsp3) is 0.316. The van der Waals surface area contributed by atoms with Gasteiger partial charge in [-0.2, -0.15) is 0 Å². The molecule has 28 heavy (non-hydrogen) atoms. The highest BCUT2D eigenvalue weighted by Gasteiger charge is 2.23. The smallest absolute Gasteiger partial charge is 0.262 e. The Kier molecular flexibility index (Phi) is 5.22. The van der Waals surface area contributed by atoms with Gasteiger partial charge in [0.15, 0.2) is 0 Å². The molecule has 2 aliphatic rings. The number of thioether (sulfide) groups is 1. The van der Waals surface area contributed by atoms with Crippen LogP contribution >= 0.6 is 11.8 Å². The molecule has 0 spiro atoms. The van der Waals surface area contributed by atoms with Crippen LogP contribution in [0.15, 0.2) is 52.3 Å². The lowest BCUT2D eigenvalue weighted by atomic mass is 10.2. The van der Waals surface area contributed by atoms with Crippen molar-refractivity contribution in [3.63, 3.8) is 0 Å². The highest BCUT2D eigenvalue weighted by molar-refractivity contribution is 8.00. The van der Waals surface area contributed by atoms with E-state index in [4.69, 9.17) is 0 Å². The second kappa shape index (κ2) is 7.65. The molecule has 1 saturated heterocycles. The van der Waals surface area contributed by atoms with E-state index in [1.54, 1.807) is 18.2 Å². The Morgan fingerprint density at radius 3 is 2.61 bits per heavy atom. The van der Waals surface area contributed by atoms with E-state index in [9.17, 15) is 13.2 Å². The molecule has 2 aromatic carbocycles. The van der Waals surface area contributed by atoms with Gasteiger partial charge in [0.05, 0.1) is 27.7 Å². The molecule has 2 N–H and O–H groups in total. The van der Waals surface area contributed by atoms with Crippen molar-refractivity contribution in [2.75, 3.05) is 53.9 Å². The fourth-order valence-electron chi connectivity index (χ4n) is 3.31. The largest absolute Gasteiger partial charge is 0.367 e. The van der Waals surface area contributed by atoms with Gasteiger partial charge in [-0.15, -0.1) is 11.8 Å². The monoisotopic (exact) mass is 418 g/mol. The summed E-state index contributed by atoms with van der Waals surface area (Å²) >= 11 is 1.34. The molecule has 9 heteroatoms. The lowest BCUT2D eigenvalue weighted by molar-refractivity contribution is -0.113. The number of carbonyl (C=O) groups is 1. The number of nitrogens with zero attached hydrogens (tertiary/aromatic N) is 2. The average molecular weight is 419 g/mol. The molecule has 0 radical (unpaired) electrons. The number of anilines is 3. The van der Waals surface area contributed by atoms with Gasteiger partial charge >= 0.3 is 0 Å². The summed E-state index contributed by atoms with van der Waals surface area (Å²) in [5.74, 6) is 0.211. The van der Waals surface area contributed by atoms with Crippen molar-refractivity contribution in [3.8, 4) is 0 Å². The zero-order valence-electron chi connectivity index (χ0n) is 15.5. The van der Waals surface area contributed by atoms with Crippen LogP contribution in [-0.4, -0.2) is 58.2 Å². The normalized spacial score (nSPS) is 17.8. The first-order valence-electron chi connectivity index (χ1n) is 9.04. The topological polar surface area (TPSA) is 81.8 Å². The van der Waals surface area contributed by atoms with E-state index in [0.29, 0.717) is 11.4 Å². The molecule has 0 saturated carbocycles. The minimum atomic E-state index is -3.75. The average Bonchev–Trinajstić information content (AvgIpc) is 2.68. The first-order chi connectivity index (χ1) is 13.4. The first kappa shape index (κ1) is 19.1. The summed E-state index contributed by atoms with van der Waals surface area (Å²) in [5, 5.41) is 2.76. The third kappa shape index (κ3) is 3.96. The predicted molar refractivity (Wildman–Crippen MR) is 113 cm³/mol. The van der Waals surface area contributed by atoms with E-state index in [1.807, 2.05) is 18.2 Å². The van der Waals surface area contributed by atoms with Gasteiger partial charge in [-0.25, -0.2) is 8.42 Å². The highest BCUT2D eigenvalue weighted by atomic mass is 32.2. The third-order valence-corrected chi connectivity index (χ3v) is 7.31. The number of carbonyl (C=O) groups excluding carboxylic acids is 1. The molecular weight excluding hydrogens is 396 g/mol. The standard InChI is InChI=1S/C19H22N4O3S2/c1-22-8-10-23(11-9-22)17-5-3-2-4-15(17)21-28(25,26)14-6-7-16-18(12-14)27-13-19(24)20-16/h2-7,12,21H,8-11,13H2,1H3,(H,20,24). The van der Waals surface area contributed by atoms with Crippen LogP contribution in [0.5, 0.6) is 0 Å². The molecule has 0 aromatic heterocycles. The zero-order chi connectivity index (χ0) is 19.7. The summed E-state index contributed by atoms with van der Waals surface area (Å²) in [6, 6.07) is 12.3. The van der Waals surface area contributed by atoms with Crippen molar-refractivity contribution >= 4 is 44.8 Å². The minimum Gasteiger partial charge on any atom is -0.367 e. The lowest BCUT2D eigenvalue weighted by Gasteiger charge is -2.35. The van der Waals surface area contributed by atoms with Crippen molar-refractivity contribution in [2.45, 2.75) is 9.79 Å². The van der Waals surface area contributed by atoms with Crippen molar-refractivity contribution < 1.29 is 13.2 Å². The molecule has 0 bridgehead atoms. The molecule has 148 valence electrons. The fourth-order valence-corrected chi connectivity index (χ4v) is 5.33. The maximum absolute atomic E-state index is 13.0. The van der Waals surface area contributed by atoms with Crippen LogP contribution in [0.4, 0.5) is 17.1 Å². The maximum atomic E-state index is 13.0. The summed E-state index contributed by atoms with van der Waals surface area (Å²) in [5.41, 5.74) is 2.11. The molecule has 1 fully saturated rings. The van der Waals surface area contributed by atoms with Crippen molar-refractivity contribution in [1.82, 2.24) is 4.90 Å². The SMILES string of the molecule is CN1CCN(c2ccccc2NS(=O)(=O)c2ccc3c(c2)SCC(=O)N3)CC1. The van der Waals surface area contributed by atoms with Gasteiger partial charge in [0.1, 0.15) is 0 Å². The summed E-state index contributed by atoms with van der Waals surface area (Å²) in [7, 11) is -1.66. The predicted octanol–water partition coefficient (Wildman–Crippen LogP) is 2.28. The Morgan fingerprint density at radius 2 is 1.82 bits per heavy atom. The highest BCUT2D eigenvalue weighted by Crippen LogP contribution is 2.34. The van der Waals surface area contributed by atoms with E-state index in [-0.39, 0.29) is 16.6 Å². The minimum absolute atomic E-state index is 0.0765. The molecule has 0 aliphatic carbocycles. The van der Waals surface area contributed by atoms with E-state index >= 15 is 0 Å². The second-order valence-corrected chi connectivity index (χ2v) is 9.61. The van der Waals surface area contributed by atoms with Gasteiger partial charge in [-0.3, -0.25) is 9.52 Å². The van der Waals surface area contributed by atoms with Crippen LogP contribution in [0.1, 0.15) is 0 Å². The van der Waals surface area contributed by atoms with Crippen LogP contribution in [0.3, 0.4) is 0 Å². The number of nitrogens with one attached hydrogen (secondary N) is 2. The molecule has 2 heterocycles. The van der Waals surface area contributed by atoms with Crippen LogP contribution in [0.2, 0.25) is 0 Å². The number of hydrogen-bond donors (Lipinski definition) is 2. The summed E-state index contributed by atoms with van der Waals surface area (Å²) < 4.78 is 28.8. The molecule has 2 aromatic rings. The maximum Gasteiger partial charge on any atom is 0.262 e. The number of piperazine rings is 1. The van der Waals surface area contributed by atoms with Gasteiger partial charge < -0.3 is 15.1 Å². The van der Waals surface area contributed by atoms with Gasteiger partial charge in [0.2, 0.25) is 5.91 Å². The number of benzene rings is 2. The van der Waals surface area contributed by atoms with Crippen LogP contribution in [0.25, 0.3) is 0 Å². The van der Waals surface area contributed by atoms with Gasteiger partial charge in [0.25, 0.3) is 10.0 Å². The number of para-hydroxylation sites is 2. The van der Waals surface area contributed by atoms with Crippen LogP contribution < -0.4 is 14.9 Å². The van der Waals surface area contributed by atoms with E-state index < -0.39 is 10.0 Å². The second-order valence-electron chi connectivity index (χ2n) is 6.91. The first-order valence-corrected chi connectivity index (χ1v) is 11.5. The molecule has 7 nitrogen and oxygen atoms in total. The van der Waals surface area contributed by atoms with E-state index in [2.05, 4.69) is 26.9 Å². The Hall–Kier alpha value is -2.23. The Morgan fingerprint density at radius 1 is 1.07 bits per heavy atom. The number of amides is 1. The van der Waals surface area contributed by atoms with Crippen molar-refractivity contribution in [1.29, 1.82) is 0 Å². The van der Waals surface area contributed by atoms with Gasteiger partial charge in [0, 0.05) is 31.1 Å². The Bertz CT molecular complexity index is 1000. The number of rotatable bonds is 4. The molecule has 1 amide bonds. The molecule has 4 rings (SSSR count). The summed E-state index contributed by atoms with van der Waals surface area (Å²) in [6.07, 6.45) is 0. The quantitative estimate of drug-likeness (QED) is 0.793. The zero-order valence-corrected chi connectivity index (χ0v) is 17.1. The summed E-state index contributed by atoms with van der Waals surface area (Å²) in [4.78, 5) is 16.9. The van der Waals surface area contributed by atoms with Gasteiger partial charge in [-0.1, -0.05) is 12.1 Å². The van der Waals surface area contributed by atoms with Crippen LogP contribution in [0, 0.1) is 0 Å². The molecular formula is C19H22N4O3S2. The number of likely N-dealkylation sites (N-methyl/N-ethyl adjacent to an activating group) is 1.